The number of hydrogen-bond acceptors (Lipinski definition) is 24. The number of alkyl halides is 9. The van der Waals surface area contributed by atoms with Gasteiger partial charge in [0.25, 0.3) is 5.56 Å². The summed E-state index contributed by atoms with van der Waals surface area (Å²) in [5.41, 5.74) is -0.315. The maximum atomic E-state index is 12.8. The monoisotopic (exact) mass is 2000 g/mol. The first-order valence-corrected chi connectivity index (χ1v) is 35.7. The number of aromatic nitrogens is 4. The van der Waals surface area contributed by atoms with Crippen molar-refractivity contribution in [3.05, 3.63) is 207 Å². The van der Waals surface area contributed by atoms with Crippen LogP contribution >= 0.6 is 23.2 Å². The minimum Gasteiger partial charge on any atom is -0.870 e. The van der Waals surface area contributed by atoms with Gasteiger partial charge < -0.3 is 55.9 Å². The number of rotatable bonds is 8. The van der Waals surface area contributed by atoms with Crippen molar-refractivity contribution in [2.75, 3.05) is 21.3 Å². The Morgan fingerprint density at radius 3 is 1.07 bits per heavy atom. The normalized spacial score (nSPS) is 14.7. The van der Waals surface area contributed by atoms with Gasteiger partial charge in [0.15, 0.2) is 0 Å². The first-order valence-electron chi connectivity index (χ1n) is 30.8. The van der Waals surface area contributed by atoms with Gasteiger partial charge in [-0.3, -0.25) is 4.79 Å². The summed E-state index contributed by atoms with van der Waals surface area (Å²) >= 11 is 12.2. The Labute approximate surface area is 872 Å². The van der Waals surface area contributed by atoms with Crippen LogP contribution in [0.4, 0.5) is 39.5 Å². The number of aromatic amines is 1. The summed E-state index contributed by atoms with van der Waals surface area (Å²) in [6.45, 7) is 15.9. The summed E-state index contributed by atoms with van der Waals surface area (Å²) in [6, 6.07) is 34.7. The number of fused-ring (bicyclic) bond motifs is 12. The number of carboxylic acid groups (broad SMARTS) is 1. The number of carbonyl (C=O) groups excluding carboxylic acids is 3. The van der Waals surface area contributed by atoms with E-state index in [-0.39, 0.29) is 330 Å². The fraction of sp³-hybridized carbons (Fsp3) is 0.314. The van der Waals surface area contributed by atoms with Gasteiger partial charge in [-0.1, -0.05) is 104 Å². The minimum atomic E-state index is -6.85. The number of benzene rings is 4. The van der Waals surface area contributed by atoms with E-state index in [0.717, 1.165) is 105 Å². The molecule has 0 aliphatic heterocycles. The van der Waals surface area contributed by atoms with Crippen molar-refractivity contribution in [2.24, 2.45) is 0 Å². The van der Waals surface area contributed by atoms with Crippen molar-refractivity contribution >= 4 is 77.4 Å². The van der Waals surface area contributed by atoms with E-state index in [1.165, 1.54) is 37.0 Å². The molecule has 600 valence electrons. The van der Waals surface area contributed by atoms with Crippen molar-refractivity contribution in [1.82, 2.24) is 19.9 Å². The zero-order valence-electron chi connectivity index (χ0n) is 64.0. The van der Waals surface area contributed by atoms with Crippen molar-refractivity contribution in [3.63, 3.8) is 0 Å². The summed E-state index contributed by atoms with van der Waals surface area (Å²) in [5.74, 6) is -3.53. The van der Waals surface area contributed by atoms with E-state index in [4.69, 9.17) is 33.0 Å². The smallest absolute Gasteiger partial charge is 0.870 e. The van der Waals surface area contributed by atoms with Crippen LogP contribution in [-0.2, 0) is 73.9 Å². The van der Waals surface area contributed by atoms with Crippen LogP contribution < -0.4 is 261 Å². The fourth-order valence-corrected chi connectivity index (χ4v) is 14.1. The molecule has 26 nitrogen and oxygen atoms in total. The Morgan fingerprint density at radius 2 is 0.730 bits per heavy atom. The number of aryl methyl sites for hydroxylation is 4. The summed E-state index contributed by atoms with van der Waals surface area (Å²) in [5, 5.41) is 9.39. The Bertz CT molecular complexity index is 5250. The Hall–Kier alpha value is -1.66. The number of carboxylic acids is 1. The number of carbonyl (C=O) groups is 4. The van der Waals surface area contributed by atoms with Crippen molar-refractivity contribution in [2.45, 2.75) is 121 Å². The number of esters is 3. The molecule has 0 radical (unpaired) electrons. The summed E-state index contributed by atoms with van der Waals surface area (Å²) in [4.78, 5) is 74.5. The van der Waals surface area contributed by atoms with Gasteiger partial charge in [0.1, 0.15) is 21.4 Å². The van der Waals surface area contributed by atoms with E-state index in [1.807, 2.05) is 67.7 Å². The molecule has 8 aromatic rings. The predicted molar refractivity (Wildman–Crippen MR) is 372 cm³/mol. The molecule has 45 heteroatoms. The molecule has 4 aromatic heterocycles. The Kier molecular flexibility index (Phi) is 48.5. The molecule has 4 aliphatic carbocycles. The molecule has 0 bridgehead atoms. The molecule has 7 N–H and O–H groups in total. The summed E-state index contributed by atoms with van der Waals surface area (Å²) in [7, 11) is -16.1. The van der Waals surface area contributed by atoms with Crippen LogP contribution in [0.15, 0.2) is 77.6 Å². The second-order valence-corrected chi connectivity index (χ2v) is 30.0. The molecular formula is C70H64Cl2F9LiN4O22Rb4S3-4. The van der Waals surface area contributed by atoms with Crippen LogP contribution in [0.2, 0.25) is 10.3 Å². The van der Waals surface area contributed by atoms with Crippen molar-refractivity contribution < 1.29 is 390 Å². The van der Waals surface area contributed by atoms with Crippen LogP contribution in [0.3, 0.4) is 0 Å². The number of methoxy groups -OCH3 is 3. The standard InChI is InChI=1S/C18H15F3NO5S.C17H15ClNO2.C17H16NO3.C16H13ClNO2.C2F6O5S2.Li.5H2O.4Rb/c1-9-4-5-11-7-10(2)12-8-14(17(23)26-3)16(22-15(12)13(11)6-9)27-28(24,25)18(19,20)21;1-9-4-5-11-7-10(2)12-8-14(17(20)21-3)16(18)19-15(12)13(11)6-9;1-9-4-5-11-7-10(2)12-8-14(17(20)21-3)16(19)18-15(12)13(11)6-9;1-8-3-4-10-6-9(2)11-7-13(16(19)20)15(17)18-14(11)12(10)5-8;3-1(4,5)14(9,10)13-15(11,12)2(6,7)8;;;;;;;;;;/h5-6,8,10H,7H2,1-3H3;5-6,8,10H,7H2,1-3H3;5-6,8,10H,7H2,1-3H3,(H,18,19);4-5,7,9H,6H2,1-2H3,(H,19,20);;;5*1H2;;;;/q4*-1;;+1;;;;;;4*+1/p-5. The number of ether oxygens (including phenoxy) is 3. The van der Waals surface area contributed by atoms with Crippen LogP contribution in [-0.4, -0.2) is 139 Å². The third kappa shape index (κ3) is 27.7. The quantitative estimate of drug-likeness (QED) is 0.0263. The second-order valence-electron chi connectivity index (χ2n) is 24.4. The van der Waals surface area contributed by atoms with Gasteiger partial charge in [0, 0.05) is 5.69 Å². The molecule has 0 saturated heterocycles. The molecule has 4 aromatic carbocycles. The van der Waals surface area contributed by atoms with Crippen LogP contribution in [0.1, 0.15) is 160 Å². The van der Waals surface area contributed by atoms with Crippen molar-refractivity contribution in [3.8, 4) is 50.9 Å². The second kappa shape index (κ2) is 47.4. The van der Waals surface area contributed by atoms with Gasteiger partial charge >= 0.3 is 322 Å². The van der Waals surface area contributed by atoms with Crippen LogP contribution in [0, 0.1) is 52.0 Å². The first-order chi connectivity index (χ1) is 48.6. The molecule has 0 spiro atoms. The zero-order chi connectivity index (χ0) is 78.3. The minimum absolute atomic E-state index is 0. The molecule has 12 rings (SSSR count). The van der Waals surface area contributed by atoms with E-state index in [1.54, 1.807) is 31.2 Å². The van der Waals surface area contributed by atoms with Crippen LogP contribution in [0.5, 0.6) is 5.88 Å². The number of nitrogens with one attached hydrogen (secondary N) is 1. The number of halogens is 11. The maximum Gasteiger partial charge on any atom is 1.00 e. The van der Waals surface area contributed by atoms with Crippen molar-refractivity contribution in [1.29, 1.82) is 0 Å². The third-order valence-corrected chi connectivity index (χ3v) is 20.8. The average molecular weight is 2000 g/mol. The van der Waals surface area contributed by atoms with E-state index >= 15 is 0 Å². The number of aromatic carboxylic acids is 1. The third-order valence-electron chi connectivity index (χ3n) is 16.8. The number of nitrogens with zero attached hydrogens (tertiary/aromatic N) is 3. The Morgan fingerprint density at radius 1 is 0.452 bits per heavy atom. The molecule has 0 fully saturated rings. The first kappa shape index (κ1) is 117. The average Bonchev–Trinajstić information content (AvgIpc) is 0.764. The molecule has 4 heterocycles. The fourth-order valence-electron chi connectivity index (χ4n) is 11.6. The SMILES string of the molecule is COC(=O)c1cc2c([nH]c1=O)-c1cc(C)[c-]cc1CC2C.COC(=O)c1cc2c(nc1Cl)-c1cc(C)[c-]cc1CC2C.COC(=O)c1cc2c(nc1OS(=O)(=O)C(F)(F)F)-c1cc(C)[c-]cc1CC2C.Cc1[c-]cc2c(c1)-c1nc(Cl)c(C(=O)O)cc1C(C)C2.O=S(=O)(OS(=O)(=O)C(F)(F)F)C(F)(F)F.[Li+].[OH-].[OH-].[OH-].[OH-].[OH-].[Rb+].[Rb+].[Rb+].[Rb+]. The largest absolute Gasteiger partial charge is 1.00 e. The van der Waals surface area contributed by atoms with E-state index in [2.05, 4.69) is 84.7 Å². The van der Waals surface area contributed by atoms with Gasteiger partial charge in [-0.15, -0.1) is 48.1 Å². The van der Waals surface area contributed by atoms with Gasteiger partial charge in [-0.2, -0.15) is 160 Å². The topological polar surface area (TPSA) is 459 Å². The Balaban J connectivity index is -0.00000135. The molecule has 4 unspecified atom stereocenters. The molecule has 0 saturated carbocycles. The molecule has 0 amide bonds. The molecule has 115 heavy (non-hydrogen) atoms. The van der Waals surface area contributed by atoms with Crippen LogP contribution in [0.25, 0.3) is 45.0 Å². The number of hydrogen-bond donors (Lipinski definition) is 2. The molecule has 4 aliphatic rings. The van der Waals surface area contributed by atoms with Gasteiger partial charge in [0.05, 0.1) is 49.5 Å². The van der Waals surface area contributed by atoms with Gasteiger partial charge in [0.2, 0.25) is 5.88 Å². The van der Waals surface area contributed by atoms with E-state index in [0.29, 0.717) is 23.1 Å². The van der Waals surface area contributed by atoms with E-state index < -0.39 is 87.8 Å². The predicted octanol–water partition coefficient (Wildman–Crippen LogP) is -1.21. The van der Waals surface area contributed by atoms with Gasteiger partial charge in [-0.25, -0.2) is 34.1 Å². The molecule has 4 atom stereocenters. The number of pyridine rings is 4. The maximum absolute atomic E-state index is 12.8. The zero-order valence-corrected chi connectivity index (χ0v) is 87.6. The molecular weight excluding hydrogens is 1940 g/mol. The summed E-state index contributed by atoms with van der Waals surface area (Å²) < 4.78 is 189. The number of H-pyrrole nitrogens is 1. The van der Waals surface area contributed by atoms with Gasteiger partial charge in [-0.05, 0) is 70.2 Å². The summed E-state index contributed by atoms with van der Waals surface area (Å²) in [6.07, 6.45) is 3.23. The van der Waals surface area contributed by atoms with E-state index in [9.17, 15) is 88.7 Å².